The molecule has 0 aliphatic heterocycles. The summed E-state index contributed by atoms with van der Waals surface area (Å²) in [5, 5.41) is 0. The summed E-state index contributed by atoms with van der Waals surface area (Å²) >= 11 is -2.71. The predicted molar refractivity (Wildman–Crippen MR) is 69.1 cm³/mol. The van der Waals surface area contributed by atoms with Crippen LogP contribution in [0.2, 0.25) is 0 Å². The third-order valence-corrected chi connectivity index (χ3v) is 4.11. The molecule has 0 N–H and O–H groups in total. The van der Waals surface area contributed by atoms with Crippen LogP contribution in [-0.4, -0.2) is 10.7 Å². The molecule has 0 radical (unpaired) electrons. The van der Waals surface area contributed by atoms with Gasteiger partial charge in [-0.1, -0.05) is 0 Å². The van der Waals surface area contributed by atoms with Gasteiger partial charge in [0.2, 0.25) is 0 Å². The van der Waals surface area contributed by atoms with Crippen LogP contribution in [0.4, 0.5) is 26.3 Å². The predicted octanol–water partition coefficient (Wildman–Crippen LogP) is 5.59. The van der Waals surface area contributed by atoms with E-state index in [2.05, 4.69) is 0 Å². The van der Waals surface area contributed by atoms with Crippen molar-refractivity contribution in [3.63, 3.8) is 0 Å². The van der Waals surface area contributed by atoms with E-state index in [4.69, 9.17) is 24.1 Å². The topological polar surface area (TPSA) is 9.23 Å². The molecule has 1 aromatic rings. The minimum atomic E-state index is -5.00. The summed E-state index contributed by atoms with van der Waals surface area (Å²) in [6.45, 7) is 2.96. The van der Waals surface area contributed by atoms with Crippen molar-refractivity contribution >= 4 is 24.0 Å². The Kier molecular flexibility index (Phi) is 6.33. The van der Waals surface area contributed by atoms with Crippen LogP contribution in [0, 0.1) is 0 Å². The van der Waals surface area contributed by atoms with E-state index >= 15 is 0 Å². The average molecular weight is 456 g/mol. The molecule has 1 rings (SSSR count). The molecular weight excluding hydrogens is 446 g/mol. The van der Waals surface area contributed by atoms with Crippen molar-refractivity contribution < 1.29 is 44.6 Å². The summed E-state index contributed by atoms with van der Waals surface area (Å²) in [6.07, 6.45) is -10.6. The van der Waals surface area contributed by atoms with Crippen molar-refractivity contribution in [3.8, 4) is 5.75 Å². The fraction of sp³-hybridized carbons (Fsp3) is 0.417. The first-order valence-electron chi connectivity index (χ1n) is 5.64. The van der Waals surface area contributed by atoms with Gasteiger partial charge in [0.1, 0.15) is 0 Å². The molecule has 0 aliphatic rings. The number of hydrogen-bond acceptors (Lipinski definition) is 1. The monoisotopic (exact) mass is 456 g/mol. The van der Waals surface area contributed by atoms with E-state index in [0.717, 1.165) is 4.61 Å². The normalized spacial score (nSPS) is 13.3. The van der Waals surface area contributed by atoms with Gasteiger partial charge in [0, 0.05) is 0 Å². The standard InChI is InChI=1S/C12H10F6O.2ClH.Ru/c1-6(2)19-10-5-8(11(13,14)15)4-9(7(10)3)12(16,17)18;;;/h3-6H,1-2H3;2*1H;/q;;;+2/p-2. The molecule has 0 amide bonds. The summed E-state index contributed by atoms with van der Waals surface area (Å²) in [5.74, 6) is -0.544. The zero-order valence-electron chi connectivity index (χ0n) is 11.1. The van der Waals surface area contributed by atoms with E-state index in [1.165, 1.54) is 13.8 Å². The van der Waals surface area contributed by atoms with E-state index in [-0.39, 0.29) is 6.07 Å². The van der Waals surface area contributed by atoms with Gasteiger partial charge in [-0.15, -0.1) is 0 Å². The van der Waals surface area contributed by atoms with Gasteiger partial charge in [-0.05, 0) is 0 Å². The third kappa shape index (κ3) is 5.39. The van der Waals surface area contributed by atoms with Crippen molar-refractivity contribution in [2.24, 2.45) is 0 Å². The van der Waals surface area contributed by atoms with Crippen molar-refractivity contribution in [3.05, 3.63) is 28.8 Å². The van der Waals surface area contributed by atoms with Gasteiger partial charge in [0.15, 0.2) is 0 Å². The van der Waals surface area contributed by atoms with Crippen LogP contribution >= 0.6 is 19.4 Å². The molecule has 1 aromatic carbocycles. The van der Waals surface area contributed by atoms with Crippen LogP contribution < -0.4 is 4.74 Å². The molecule has 0 unspecified atom stereocenters. The second kappa shape index (κ2) is 7.06. The summed E-state index contributed by atoms with van der Waals surface area (Å²) in [4.78, 5) is 0. The summed E-state index contributed by atoms with van der Waals surface area (Å²) in [5.41, 5.74) is -3.48. The molecule has 22 heavy (non-hydrogen) atoms. The molecule has 0 spiro atoms. The molecule has 10 heteroatoms. The second-order valence-corrected chi connectivity index (χ2v) is 10.1. The Hall–Kier alpha value is -0.327. The van der Waals surface area contributed by atoms with Crippen LogP contribution in [0.3, 0.4) is 0 Å². The SMILES string of the molecule is CC(C)Oc1cc(C(F)(F)F)cc(C(F)(F)F)c1[CH]=[Ru]([Cl])[Cl]. The average Bonchev–Trinajstić information content (AvgIpc) is 2.26. The van der Waals surface area contributed by atoms with Crippen molar-refractivity contribution in [1.29, 1.82) is 0 Å². The van der Waals surface area contributed by atoms with Gasteiger partial charge >= 0.3 is 135 Å². The molecule has 0 aliphatic carbocycles. The Labute approximate surface area is 135 Å². The summed E-state index contributed by atoms with van der Waals surface area (Å²) in [6, 6.07) is 0.552. The Morgan fingerprint density at radius 1 is 1.05 bits per heavy atom. The first-order valence-corrected chi connectivity index (χ1v) is 11.1. The zero-order chi connectivity index (χ0) is 17.3. The Bertz CT molecular complexity index is 576. The van der Waals surface area contributed by atoms with Gasteiger partial charge in [-0.2, -0.15) is 0 Å². The van der Waals surface area contributed by atoms with Crippen LogP contribution in [0.1, 0.15) is 30.5 Å². The maximum atomic E-state index is 13.1. The molecule has 0 heterocycles. The van der Waals surface area contributed by atoms with Crippen molar-refractivity contribution in [2.45, 2.75) is 32.3 Å². The number of alkyl halides is 6. The minimum absolute atomic E-state index is 0.0320. The van der Waals surface area contributed by atoms with Crippen LogP contribution in [0.15, 0.2) is 12.1 Å². The molecule has 128 valence electrons. The van der Waals surface area contributed by atoms with Crippen LogP contribution in [0.25, 0.3) is 0 Å². The van der Waals surface area contributed by atoms with Crippen LogP contribution in [-0.2, 0) is 25.9 Å². The molecule has 0 atom stereocenters. The van der Waals surface area contributed by atoms with Gasteiger partial charge in [0.25, 0.3) is 0 Å². The van der Waals surface area contributed by atoms with E-state index in [9.17, 15) is 26.3 Å². The van der Waals surface area contributed by atoms with E-state index in [0.29, 0.717) is 6.07 Å². The zero-order valence-corrected chi connectivity index (χ0v) is 14.3. The molecular formula is C12H10Cl2F6ORu. The number of benzene rings is 1. The Morgan fingerprint density at radius 2 is 1.59 bits per heavy atom. The quantitative estimate of drug-likeness (QED) is 0.426. The van der Waals surface area contributed by atoms with Gasteiger partial charge in [-0.3, -0.25) is 0 Å². The third-order valence-electron chi connectivity index (χ3n) is 2.32. The fourth-order valence-electron chi connectivity index (χ4n) is 1.56. The Balaban J connectivity index is 3.73. The fourth-order valence-corrected chi connectivity index (χ4v) is 3.37. The van der Waals surface area contributed by atoms with Gasteiger partial charge < -0.3 is 0 Å². The van der Waals surface area contributed by atoms with Gasteiger partial charge in [0.05, 0.1) is 0 Å². The number of ether oxygens (including phenoxy) is 1. The molecule has 0 saturated carbocycles. The van der Waals surface area contributed by atoms with Crippen molar-refractivity contribution in [1.82, 2.24) is 0 Å². The van der Waals surface area contributed by atoms with Gasteiger partial charge in [-0.25, -0.2) is 0 Å². The molecule has 0 fully saturated rings. The molecule has 0 aromatic heterocycles. The van der Waals surface area contributed by atoms with E-state index in [1.807, 2.05) is 0 Å². The van der Waals surface area contributed by atoms with E-state index in [1.54, 1.807) is 0 Å². The number of hydrogen-bond donors (Lipinski definition) is 0. The number of rotatable bonds is 3. The Morgan fingerprint density at radius 3 is 1.95 bits per heavy atom. The summed E-state index contributed by atoms with van der Waals surface area (Å²) in [7, 11) is 11.2. The first kappa shape index (κ1) is 19.7. The molecule has 0 saturated heterocycles. The number of halogens is 8. The van der Waals surface area contributed by atoms with Crippen LogP contribution in [0.5, 0.6) is 5.75 Å². The second-order valence-electron chi connectivity index (χ2n) is 4.40. The van der Waals surface area contributed by atoms with E-state index < -0.39 is 54.4 Å². The molecule has 1 nitrogen and oxygen atoms in total. The maximum absolute atomic E-state index is 13.1. The summed E-state index contributed by atoms with van der Waals surface area (Å²) < 4.78 is 83.6. The molecule has 0 bridgehead atoms. The first-order chi connectivity index (χ1) is 9.82. The van der Waals surface area contributed by atoms with Crippen molar-refractivity contribution in [2.75, 3.05) is 0 Å².